The third-order valence-electron chi connectivity index (χ3n) is 5.62. The highest BCUT2D eigenvalue weighted by atomic mass is 35.5. The number of esters is 2. The average molecular weight is 565 g/mol. The van der Waals surface area contributed by atoms with E-state index < -0.39 is 35.0 Å². The summed E-state index contributed by atoms with van der Waals surface area (Å²) in [6.07, 6.45) is 5.06. The Morgan fingerprint density at radius 3 is 1.55 bits per heavy atom. The molecule has 8 nitrogen and oxygen atoms in total. The molecule has 0 amide bonds. The maximum Gasteiger partial charge on any atom is 0.332 e. The molecule has 2 aromatic heterocycles. The van der Waals surface area contributed by atoms with Gasteiger partial charge in [0.25, 0.3) is 0 Å². The normalized spacial score (nSPS) is 15.1. The van der Waals surface area contributed by atoms with Crippen LogP contribution in [0.25, 0.3) is 21.8 Å². The molecule has 0 unspecified atom stereocenters. The number of hydrogen-bond donors (Lipinski definition) is 2. The zero-order valence-electron chi connectivity index (χ0n) is 20.4. The third kappa shape index (κ3) is 6.33. The van der Waals surface area contributed by atoms with Crippen molar-refractivity contribution in [3.63, 3.8) is 0 Å². The van der Waals surface area contributed by atoms with E-state index in [0.717, 1.165) is 12.2 Å². The number of benzene rings is 2. The lowest BCUT2D eigenvalue weighted by Gasteiger charge is -2.26. The van der Waals surface area contributed by atoms with E-state index in [-0.39, 0.29) is 23.1 Å². The summed E-state index contributed by atoms with van der Waals surface area (Å²) in [4.78, 5) is 24.7. The van der Waals surface area contributed by atoms with Crippen LogP contribution in [0.3, 0.4) is 0 Å². The monoisotopic (exact) mass is 564 g/mol. The van der Waals surface area contributed by atoms with Crippen molar-refractivity contribution in [1.82, 2.24) is 9.13 Å². The van der Waals surface area contributed by atoms with Crippen molar-refractivity contribution in [2.24, 2.45) is 11.5 Å². The SMILES string of the molecule is C[C@@](N)(Cn1ccc2cc(F)c(Cl)cc21)OC(=O)/C=C/C(=O)O[C@](C)(N)Cn1ccc2cc(F)c(Cl)cc21. The summed E-state index contributed by atoms with van der Waals surface area (Å²) in [7, 11) is 0. The van der Waals surface area contributed by atoms with Crippen LogP contribution in [0, 0.1) is 11.6 Å². The molecule has 0 saturated heterocycles. The fraction of sp³-hybridized carbons (Fsp3) is 0.231. The van der Waals surface area contributed by atoms with Crippen molar-refractivity contribution in [1.29, 1.82) is 0 Å². The van der Waals surface area contributed by atoms with E-state index in [1.807, 2.05) is 0 Å². The molecule has 2 heterocycles. The molecule has 4 rings (SSSR count). The quantitative estimate of drug-likeness (QED) is 0.179. The molecule has 0 bridgehead atoms. The van der Waals surface area contributed by atoms with Gasteiger partial charge < -0.3 is 18.6 Å². The van der Waals surface area contributed by atoms with E-state index in [2.05, 4.69) is 0 Å². The third-order valence-corrected chi connectivity index (χ3v) is 6.20. The Balaban J connectivity index is 1.36. The number of halogens is 4. The topological polar surface area (TPSA) is 114 Å². The summed E-state index contributed by atoms with van der Waals surface area (Å²) in [6.45, 7) is 3.01. The fourth-order valence-corrected chi connectivity index (χ4v) is 4.37. The first kappa shape index (κ1) is 27.6. The van der Waals surface area contributed by atoms with Crippen LogP contribution in [0.5, 0.6) is 0 Å². The Bertz CT molecular complexity index is 1460. The van der Waals surface area contributed by atoms with Crippen LogP contribution in [-0.4, -0.2) is 32.5 Å². The van der Waals surface area contributed by atoms with Crippen molar-refractivity contribution >= 4 is 56.9 Å². The molecule has 38 heavy (non-hydrogen) atoms. The molecule has 0 aliphatic rings. The van der Waals surface area contributed by atoms with Crippen molar-refractivity contribution in [3.05, 3.63) is 82.6 Å². The van der Waals surface area contributed by atoms with E-state index in [1.165, 1.54) is 38.1 Å². The number of rotatable bonds is 8. The summed E-state index contributed by atoms with van der Waals surface area (Å²) in [5.41, 5.74) is 10.5. The Morgan fingerprint density at radius 2 is 1.18 bits per heavy atom. The highest BCUT2D eigenvalue weighted by molar-refractivity contribution is 6.31. The summed E-state index contributed by atoms with van der Waals surface area (Å²) in [5.74, 6) is -2.88. The molecular formula is C26H24Cl2F2N4O4. The Morgan fingerprint density at radius 1 is 0.816 bits per heavy atom. The molecule has 4 N–H and O–H groups in total. The number of nitrogens with zero attached hydrogens (tertiary/aromatic N) is 2. The van der Waals surface area contributed by atoms with E-state index in [9.17, 15) is 18.4 Å². The lowest BCUT2D eigenvalue weighted by atomic mass is 10.2. The van der Waals surface area contributed by atoms with Crippen molar-refractivity contribution in [2.45, 2.75) is 38.4 Å². The van der Waals surface area contributed by atoms with Gasteiger partial charge in [0.2, 0.25) is 0 Å². The maximum absolute atomic E-state index is 13.7. The van der Waals surface area contributed by atoms with E-state index in [0.29, 0.717) is 21.8 Å². The van der Waals surface area contributed by atoms with Crippen LogP contribution >= 0.6 is 23.2 Å². The maximum atomic E-state index is 13.7. The van der Waals surface area contributed by atoms with Gasteiger partial charge in [0.05, 0.1) is 23.1 Å². The molecule has 2 atom stereocenters. The van der Waals surface area contributed by atoms with Crippen LogP contribution in [-0.2, 0) is 32.2 Å². The molecule has 0 saturated carbocycles. The van der Waals surface area contributed by atoms with E-state index >= 15 is 0 Å². The largest absolute Gasteiger partial charge is 0.439 e. The Hall–Kier alpha value is -3.44. The van der Waals surface area contributed by atoms with Crippen molar-refractivity contribution in [3.8, 4) is 0 Å². The van der Waals surface area contributed by atoms with Crippen LogP contribution < -0.4 is 11.5 Å². The number of ether oxygens (including phenoxy) is 2. The first-order valence-corrected chi connectivity index (χ1v) is 12.1. The number of hydrogen-bond acceptors (Lipinski definition) is 6. The minimum atomic E-state index is -1.48. The fourth-order valence-electron chi connectivity index (χ4n) is 4.05. The molecule has 0 fully saturated rings. The van der Waals surface area contributed by atoms with Crippen molar-refractivity contribution < 1.29 is 27.8 Å². The Kier molecular flexibility index (Phi) is 7.53. The van der Waals surface area contributed by atoms with Gasteiger partial charge in [0.1, 0.15) is 11.6 Å². The first-order valence-electron chi connectivity index (χ1n) is 11.3. The van der Waals surface area contributed by atoms with Gasteiger partial charge in [-0.15, -0.1) is 0 Å². The molecule has 0 radical (unpaired) electrons. The second kappa shape index (κ2) is 10.4. The second-order valence-electron chi connectivity index (χ2n) is 9.34. The summed E-state index contributed by atoms with van der Waals surface area (Å²) >= 11 is 11.8. The van der Waals surface area contributed by atoms with Crippen molar-refractivity contribution in [2.75, 3.05) is 0 Å². The summed E-state index contributed by atoms with van der Waals surface area (Å²) in [5, 5.41) is 1.10. The zero-order valence-corrected chi connectivity index (χ0v) is 21.9. The van der Waals surface area contributed by atoms with Crippen LogP contribution in [0.4, 0.5) is 8.78 Å². The molecule has 200 valence electrons. The molecule has 12 heteroatoms. The first-order chi connectivity index (χ1) is 17.7. The molecule has 0 aliphatic heterocycles. The number of aromatic nitrogens is 2. The van der Waals surface area contributed by atoms with Gasteiger partial charge in [-0.05, 0) is 50.2 Å². The van der Waals surface area contributed by atoms with Crippen LogP contribution in [0.1, 0.15) is 13.8 Å². The predicted octanol–water partition coefficient (Wildman–Crippen LogP) is 4.87. The average Bonchev–Trinajstić information content (AvgIpc) is 3.35. The number of nitrogens with two attached hydrogens (primary N) is 2. The number of carbonyl (C=O) groups is 2. The van der Waals surface area contributed by atoms with E-state index in [4.69, 9.17) is 44.1 Å². The highest BCUT2D eigenvalue weighted by Crippen LogP contribution is 2.26. The van der Waals surface area contributed by atoms with E-state index in [1.54, 1.807) is 33.7 Å². The van der Waals surface area contributed by atoms with Crippen LogP contribution in [0.15, 0.2) is 60.9 Å². The van der Waals surface area contributed by atoms with Gasteiger partial charge in [0, 0.05) is 46.4 Å². The molecule has 4 aromatic rings. The standard InChI is InChI=1S/C26H24Cl2F2N4O4/c1-25(31,13-33-7-5-15-9-19(29)17(27)11-21(15)33)37-23(35)3-4-24(36)38-26(2,32)14-34-8-6-16-10-20(30)18(28)12-22(16)34/h3-12H,13-14,31-32H2,1-2H3/b4-3+/t25-,26-/m0/s1. The van der Waals surface area contributed by atoms with Gasteiger partial charge >= 0.3 is 11.9 Å². The second-order valence-corrected chi connectivity index (χ2v) is 10.2. The Labute approximate surface area is 226 Å². The van der Waals surface area contributed by atoms with Gasteiger partial charge in [-0.1, -0.05) is 23.2 Å². The molecule has 0 spiro atoms. The number of fused-ring (bicyclic) bond motifs is 2. The van der Waals surface area contributed by atoms with Gasteiger partial charge in [-0.2, -0.15) is 0 Å². The predicted molar refractivity (Wildman–Crippen MR) is 140 cm³/mol. The zero-order chi connectivity index (χ0) is 27.8. The molecule has 0 aliphatic carbocycles. The van der Waals surface area contributed by atoms with Crippen LogP contribution in [0.2, 0.25) is 10.0 Å². The molecular weight excluding hydrogens is 541 g/mol. The highest BCUT2D eigenvalue weighted by Gasteiger charge is 2.26. The minimum absolute atomic E-state index is 0.0299. The minimum Gasteiger partial charge on any atom is -0.439 e. The molecule has 2 aromatic carbocycles. The summed E-state index contributed by atoms with van der Waals surface area (Å²) < 4.78 is 41.3. The summed E-state index contributed by atoms with van der Waals surface area (Å²) in [6, 6.07) is 8.84. The number of carbonyl (C=O) groups excluding carboxylic acids is 2. The van der Waals surface area contributed by atoms with Gasteiger partial charge in [0.15, 0.2) is 11.4 Å². The van der Waals surface area contributed by atoms with Gasteiger partial charge in [-0.3, -0.25) is 11.5 Å². The lowest BCUT2D eigenvalue weighted by Crippen LogP contribution is -2.45. The lowest BCUT2D eigenvalue weighted by molar-refractivity contribution is -0.155. The van der Waals surface area contributed by atoms with Gasteiger partial charge in [-0.25, -0.2) is 18.4 Å². The smallest absolute Gasteiger partial charge is 0.332 e.